The Morgan fingerprint density at radius 3 is 2.73 bits per heavy atom. The van der Waals surface area contributed by atoms with Crippen LogP contribution >= 0.6 is 0 Å². The first-order valence-corrected chi connectivity index (χ1v) is 8.22. The summed E-state index contributed by atoms with van der Waals surface area (Å²) in [5.41, 5.74) is 1.31. The predicted octanol–water partition coefficient (Wildman–Crippen LogP) is 2.41. The maximum absolute atomic E-state index is 12.3. The molecule has 1 heterocycles. The number of carbonyl (C=O) groups excluding carboxylic acids is 1. The number of likely N-dealkylation sites (N-methyl/N-ethyl adjacent to an activating group) is 1. The zero-order chi connectivity index (χ0) is 15.9. The second-order valence-electron chi connectivity index (χ2n) is 6.31. The molecule has 1 aromatic carbocycles. The lowest BCUT2D eigenvalue weighted by Crippen LogP contribution is -2.46. The molecule has 1 aliphatic rings. The van der Waals surface area contributed by atoms with Crippen LogP contribution in [0.5, 0.6) is 0 Å². The molecule has 1 amide bonds. The number of benzene rings is 1. The molecule has 0 bridgehead atoms. The molecule has 122 valence electrons. The Balaban J connectivity index is 1.77. The molecule has 2 rings (SSSR count). The fourth-order valence-corrected chi connectivity index (χ4v) is 2.84. The van der Waals surface area contributed by atoms with Gasteiger partial charge in [-0.25, -0.2) is 0 Å². The van der Waals surface area contributed by atoms with E-state index in [2.05, 4.69) is 41.4 Å². The first-order chi connectivity index (χ1) is 10.6. The topological polar surface area (TPSA) is 41.6 Å². The van der Waals surface area contributed by atoms with Crippen LogP contribution in [0.2, 0.25) is 0 Å². The summed E-state index contributed by atoms with van der Waals surface area (Å²) < 4.78 is 5.54. The summed E-state index contributed by atoms with van der Waals surface area (Å²) in [6.45, 7) is 6.47. The number of hydrogen-bond acceptors (Lipinski definition) is 3. The van der Waals surface area contributed by atoms with Crippen LogP contribution in [-0.2, 0) is 9.53 Å². The van der Waals surface area contributed by atoms with Crippen LogP contribution in [0.25, 0.3) is 0 Å². The van der Waals surface area contributed by atoms with E-state index >= 15 is 0 Å². The summed E-state index contributed by atoms with van der Waals surface area (Å²) in [5.74, 6) is 0.484. The number of ether oxygens (including phenoxy) is 1. The van der Waals surface area contributed by atoms with Gasteiger partial charge in [0.05, 0.1) is 12.1 Å². The number of hydrogen-bond donors (Lipinski definition) is 1. The highest BCUT2D eigenvalue weighted by molar-refractivity contribution is 5.81. The molecule has 0 spiro atoms. The monoisotopic (exact) mass is 304 g/mol. The Morgan fingerprint density at radius 1 is 1.36 bits per heavy atom. The molecule has 1 N–H and O–H groups in total. The smallest absolute Gasteiger partial charge is 0.237 e. The molecule has 1 fully saturated rings. The maximum atomic E-state index is 12.3. The summed E-state index contributed by atoms with van der Waals surface area (Å²) in [5, 5.41) is 3.01. The third kappa shape index (κ3) is 4.82. The van der Waals surface area contributed by atoms with Gasteiger partial charge in [-0.1, -0.05) is 37.3 Å². The Bertz CT molecular complexity index is 457. The first-order valence-electron chi connectivity index (χ1n) is 8.22. The lowest BCUT2D eigenvalue weighted by molar-refractivity contribution is -0.126. The summed E-state index contributed by atoms with van der Waals surface area (Å²) in [7, 11) is 2.01. The molecule has 0 aliphatic carbocycles. The van der Waals surface area contributed by atoms with Gasteiger partial charge in [-0.05, 0) is 38.3 Å². The quantitative estimate of drug-likeness (QED) is 0.841. The average molecular weight is 304 g/mol. The van der Waals surface area contributed by atoms with Gasteiger partial charge in [-0.3, -0.25) is 9.69 Å². The SMILES string of the molecule is C[C@H](CN(C)[C@H](C)C(=O)NC[C@H]1CCCO1)c1ccccc1. The molecule has 1 aromatic rings. The minimum atomic E-state index is -0.132. The van der Waals surface area contributed by atoms with Crippen molar-refractivity contribution in [2.24, 2.45) is 0 Å². The predicted molar refractivity (Wildman–Crippen MR) is 88.9 cm³/mol. The second kappa shape index (κ2) is 8.30. The molecule has 4 nitrogen and oxygen atoms in total. The molecule has 0 saturated carbocycles. The van der Waals surface area contributed by atoms with Gasteiger partial charge < -0.3 is 10.1 Å². The maximum Gasteiger partial charge on any atom is 0.237 e. The van der Waals surface area contributed by atoms with Crippen molar-refractivity contribution in [1.82, 2.24) is 10.2 Å². The van der Waals surface area contributed by atoms with E-state index in [9.17, 15) is 4.79 Å². The van der Waals surface area contributed by atoms with E-state index in [1.165, 1.54) is 5.56 Å². The van der Waals surface area contributed by atoms with Crippen LogP contribution in [0.3, 0.4) is 0 Å². The molecule has 1 aliphatic heterocycles. The molecule has 1 saturated heterocycles. The first kappa shape index (κ1) is 17.0. The van der Waals surface area contributed by atoms with Crippen molar-refractivity contribution in [2.75, 3.05) is 26.7 Å². The fraction of sp³-hybridized carbons (Fsp3) is 0.611. The van der Waals surface area contributed by atoms with Crippen molar-refractivity contribution in [2.45, 2.75) is 44.8 Å². The standard InChI is InChI=1S/C18H28N2O2/c1-14(16-8-5-4-6-9-16)13-20(3)15(2)18(21)19-12-17-10-7-11-22-17/h4-6,8-9,14-15,17H,7,10-13H2,1-3H3,(H,19,21)/t14-,15-,17-/m1/s1. The zero-order valence-electron chi connectivity index (χ0n) is 13.9. The van der Waals surface area contributed by atoms with Crippen LogP contribution in [0.1, 0.15) is 38.2 Å². The van der Waals surface area contributed by atoms with Crippen molar-refractivity contribution >= 4 is 5.91 Å². The van der Waals surface area contributed by atoms with Gasteiger partial charge >= 0.3 is 0 Å². The number of amides is 1. The normalized spacial score (nSPS) is 20.8. The van der Waals surface area contributed by atoms with Crippen molar-refractivity contribution in [1.29, 1.82) is 0 Å². The number of rotatable bonds is 7. The minimum Gasteiger partial charge on any atom is -0.376 e. The summed E-state index contributed by atoms with van der Waals surface area (Å²) in [4.78, 5) is 14.4. The van der Waals surface area contributed by atoms with E-state index in [4.69, 9.17) is 4.74 Å². The molecule has 22 heavy (non-hydrogen) atoms. The van der Waals surface area contributed by atoms with Gasteiger partial charge in [0.1, 0.15) is 0 Å². The van der Waals surface area contributed by atoms with Gasteiger partial charge in [0, 0.05) is 19.7 Å². The van der Waals surface area contributed by atoms with Gasteiger partial charge in [-0.15, -0.1) is 0 Å². The molecular formula is C18H28N2O2. The Labute approximate surface area is 133 Å². The van der Waals surface area contributed by atoms with Gasteiger partial charge in [0.2, 0.25) is 5.91 Å². The second-order valence-corrected chi connectivity index (χ2v) is 6.31. The van der Waals surface area contributed by atoms with Crippen LogP contribution in [0.15, 0.2) is 30.3 Å². The molecule has 0 unspecified atom stereocenters. The molecule has 3 atom stereocenters. The third-order valence-corrected chi connectivity index (χ3v) is 4.50. The summed E-state index contributed by atoms with van der Waals surface area (Å²) >= 11 is 0. The van der Waals surface area contributed by atoms with Gasteiger partial charge in [-0.2, -0.15) is 0 Å². The Morgan fingerprint density at radius 2 is 2.09 bits per heavy atom. The lowest BCUT2D eigenvalue weighted by Gasteiger charge is -2.27. The summed E-state index contributed by atoms with van der Waals surface area (Å²) in [6.07, 6.45) is 2.35. The highest BCUT2D eigenvalue weighted by Crippen LogP contribution is 2.16. The van der Waals surface area contributed by atoms with Crippen molar-refractivity contribution in [3.8, 4) is 0 Å². The highest BCUT2D eigenvalue weighted by Gasteiger charge is 2.22. The highest BCUT2D eigenvalue weighted by atomic mass is 16.5. The average Bonchev–Trinajstić information content (AvgIpc) is 3.06. The number of carbonyl (C=O) groups is 1. The van der Waals surface area contributed by atoms with E-state index < -0.39 is 0 Å². The van der Waals surface area contributed by atoms with Crippen molar-refractivity contribution in [3.05, 3.63) is 35.9 Å². The van der Waals surface area contributed by atoms with E-state index in [-0.39, 0.29) is 18.1 Å². The molecular weight excluding hydrogens is 276 g/mol. The number of nitrogens with zero attached hydrogens (tertiary/aromatic N) is 1. The largest absolute Gasteiger partial charge is 0.376 e. The zero-order valence-corrected chi connectivity index (χ0v) is 13.9. The van der Waals surface area contributed by atoms with Crippen molar-refractivity contribution < 1.29 is 9.53 Å². The van der Waals surface area contributed by atoms with Crippen molar-refractivity contribution in [3.63, 3.8) is 0 Å². The fourth-order valence-electron chi connectivity index (χ4n) is 2.84. The van der Waals surface area contributed by atoms with E-state index in [0.29, 0.717) is 12.5 Å². The van der Waals surface area contributed by atoms with E-state index in [0.717, 1.165) is 26.0 Å². The molecule has 0 radical (unpaired) electrons. The third-order valence-electron chi connectivity index (χ3n) is 4.50. The van der Waals surface area contributed by atoms with E-state index in [1.54, 1.807) is 0 Å². The number of nitrogens with one attached hydrogen (secondary N) is 1. The Hall–Kier alpha value is -1.39. The van der Waals surface area contributed by atoms with Crippen LogP contribution in [0, 0.1) is 0 Å². The molecule has 0 aromatic heterocycles. The van der Waals surface area contributed by atoms with Crippen LogP contribution in [0.4, 0.5) is 0 Å². The van der Waals surface area contributed by atoms with Gasteiger partial charge in [0.25, 0.3) is 0 Å². The van der Waals surface area contributed by atoms with Crippen LogP contribution in [-0.4, -0.2) is 49.7 Å². The van der Waals surface area contributed by atoms with E-state index in [1.807, 2.05) is 20.0 Å². The van der Waals surface area contributed by atoms with Crippen LogP contribution < -0.4 is 5.32 Å². The summed E-state index contributed by atoms with van der Waals surface area (Å²) in [6, 6.07) is 10.3. The molecule has 4 heteroatoms. The Kier molecular flexibility index (Phi) is 6.40. The minimum absolute atomic E-state index is 0.0817. The van der Waals surface area contributed by atoms with Gasteiger partial charge in [0.15, 0.2) is 0 Å². The lowest BCUT2D eigenvalue weighted by atomic mass is 10.0.